The third-order valence-electron chi connectivity index (χ3n) is 5.52. The number of hydrogen-bond acceptors (Lipinski definition) is 6. The van der Waals surface area contributed by atoms with Crippen LogP contribution in [0.3, 0.4) is 0 Å². The second-order valence-corrected chi connectivity index (χ2v) is 7.43. The molecule has 1 saturated heterocycles. The number of aryl methyl sites for hydroxylation is 2. The summed E-state index contributed by atoms with van der Waals surface area (Å²) < 4.78 is 0. The molecule has 0 radical (unpaired) electrons. The first-order valence-electron chi connectivity index (χ1n) is 9.47. The van der Waals surface area contributed by atoms with Crippen LogP contribution in [0.4, 0.5) is 11.8 Å². The van der Waals surface area contributed by atoms with Crippen molar-refractivity contribution in [3.8, 4) is 0 Å². The Labute approximate surface area is 148 Å². The van der Waals surface area contributed by atoms with Gasteiger partial charge in [0.2, 0.25) is 5.95 Å². The highest BCUT2D eigenvalue weighted by Gasteiger charge is 2.31. The third kappa shape index (κ3) is 2.83. The molecule has 2 aliphatic carbocycles. The summed E-state index contributed by atoms with van der Waals surface area (Å²) in [6, 6.07) is 1.95. The summed E-state index contributed by atoms with van der Waals surface area (Å²) in [5.74, 6) is 3.78. The molecule has 0 unspecified atom stereocenters. The van der Waals surface area contributed by atoms with E-state index in [1.807, 2.05) is 19.2 Å². The Morgan fingerprint density at radius 1 is 0.960 bits per heavy atom. The molecule has 0 N–H and O–H groups in total. The van der Waals surface area contributed by atoms with E-state index in [1.54, 1.807) is 0 Å². The molecular weight excluding hydrogens is 312 g/mol. The number of nitrogens with zero attached hydrogens (tertiary/aromatic N) is 6. The number of anilines is 2. The number of rotatable bonds is 3. The molecule has 0 aromatic carbocycles. The van der Waals surface area contributed by atoms with Crippen LogP contribution in [0.5, 0.6) is 0 Å². The SMILES string of the molecule is Cc1ccnc(N2CCN(c3nc(C4CC4)nc4c3CCC4)CC2)n1. The first kappa shape index (κ1) is 15.0. The smallest absolute Gasteiger partial charge is 0.225 e. The van der Waals surface area contributed by atoms with Crippen molar-refractivity contribution in [2.24, 2.45) is 0 Å². The monoisotopic (exact) mass is 336 g/mol. The van der Waals surface area contributed by atoms with Gasteiger partial charge in [0.25, 0.3) is 0 Å². The Morgan fingerprint density at radius 2 is 1.76 bits per heavy atom. The maximum Gasteiger partial charge on any atom is 0.225 e. The molecule has 0 amide bonds. The van der Waals surface area contributed by atoms with Crippen LogP contribution in [0.1, 0.15) is 48.0 Å². The fourth-order valence-corrected chi connectivity index (χ4v) is 3.92. The van der Waals surface area contributed by atoms with E-state index in [1.165, 1.54) is 36.3 Å². The van der Waals surface area contributed by atoms with Crippen molar-refractivity contribution in [1.82, 2.24) is 19.9 Å². The van der Waals surface area contributed by atoms with Crippen molar-refractivity contribution in [2.45, 2.75) is 44.9 Å². The third-order valence-corrected chi connectivity index (χ3v) is 5.52. The summed E-state index contributed by atoms with van der Waals surface area (Å²) in [5.41, 5.74) is 3.75. The second kappa shape index (κ2) is 5.93. The van der Waals surface area contributed by atoms with Gasteiger partial charge in [0.1, 0.15) is 11.6 Å². The van der Waals surface area contributed by atoms with Gasteiger partial charge in [-0.3, -0.25) is 0 Å². The van der Waals surface area contributed by atoms with Gasteiger partial charge < -0.3 is 9.80 Å². The summed E-state index contributed by atoms with van der Waals surface area (Å²) in [7, 11) is 0. The van der Waals surface area contributed by atoms with Gasteiger partial charge in [-0.1, -0.05) is 0 Å². The number of fused-ring (bicyclic) bond motifs is 1. The van der Waals surface area contributed by atoms with Crippen LogP contribution in [-0.2, 0) is 12.8 Å². The maximum absolute atomic E-state index is 5.01. The summed E-state index contributed by atoms with van der Waals surface area (Å²) in [6.07, 6.45) is 7.86. The maximum atomic E-state index is 5.01. The number of hydrogen-bond donors (Lipinski definition) is 0. The fraction of sp³-hybridized carbons (Fsp3) is 0.579. The number of piperazine rings is 1. The predicted octanol–water partition coefficient (Wildman–Crippen LogP) is 2.27. The largest absolute Gasteiger partial charge is 0.353 e. The first-order chi connectivity index (χ1) is 12.3. The van der Waals surface area contributed by atoms with E-state index in [0.717, 1.165) is 56.5 Å². The van der Waals surface area contributed by atoms with Gasteiger partial charge >= 0.3 is 0 Å². The van der Waals surface area contributed by atoms with Crippen molar-refractivity contribution in [3.05, 3.63) is 35.0 Å². The molecule has 6 nitrogen and oxygen atoms in total. The Bertz CT molecular complexity index is 792. The summed E-state index contributed by atoms with van der Waals surface area (Å²) >= 11 is 0. The van der Waals surface area contributed by atoms with Gasteiger partial charge in [-0.15, -0.1) is 0 Å². The lowest BCUT2D eigenvalue weighted by Gasteiger charge is -2.36. The lowest BCUT2D eigenvalue weighted by molar-refractivity contribution is 0.629. The Balaban J connectivity index is 1.37. The van der Waals surface area contributed by atoms with Crippen molar-refractivity contribution >= 4 is 11.8 Å². The molecule has 0 atom stereocenters. The molecule has 6 heteroatoms. The zero-order valence-corrected chi connectivity index (χ0v) is 14.8. The van der Waals surface area contributed by atoms with Gasteiger partial charge in [0.05, 0.1) is 0 Å². The van der Waals surface area contributed by atoms with E-state index in [2.05, 4.69) is 19.8 Å². The molecule has 1 aliphatic heterocycles. The molecule has 130 valence electrons. The molecular formula is C19H24N6. The molecule has 0 bridgehead atoms. The zero-order valence-electron chi connectivity index (χ0n) is 14.8. The fourth-order valence-electron chi connectivity index (χ4n) is 3.92. The van der Waals surface area contributed by atoms with E-state index in [9.17, 15) is 0 Å². The second-order valence-electron chi connectivity index (χ2n) is 7.43. The van der Waals surface area contributed by atoms with E-state index in [4.69, 9.17) is 9.97 Å². The molecule has 3 heterocycles. The Hall–Kier alpha value is -2.24. The van der Waals surface area contributed by atoms with E-state index in [-0.39, 0.29) is 0 Å². The minimum atomic E-state index is 0.617. The number of aromatic nitrogens is 4. The van der Waals surface area contributed by atoms with Gasteiger partial charge in [0.15, 0.2) is 0 Å². The highest BCUT2D eigenvalue weighted by Crippen LogP contribution is 2.40. The van der Waals surface area contributed by atoms with Crippen LogP contribution in [0, 0.1) is 6.92 Å². The summed E-state index contributed by atoms with van der Waals surface area (Å²) in [5, 5.41) is 0. The Kier molecular flexibility index (Phi) is 3.57. The van der Waals surface area contributed by atoms with Crippen molar-refractivity contribution in [1.29, 1.82) is 0 Å². The topological polar surface area (TPSA) is 58.0 Å². The lowest BCUT2D eigenvalue weighted by Crippen LogP contribution is -2.47. The van der Waals surface area contributed by atoms with Gasteiger partial charge in [0, 0.05) is 55.2 Å². The minimum absolute atomic E-state index is 0.617. The average Bonchev–Trinajstić information content (AvgIpc) is 3.39. The molecule has 5 rings (SSSR count). The summed E-state index contributed by atoms with van der Waals surface area (Å²) in [4.78, 5) is 23.6. The van der Waals surface area contributed by atoms with Crippen LogP contribution in [-0.4, -0.2) is 46.1 Å². The van der Waals surface area contributed by atoms with Crippen molar-refractivity contribution in [3.63, 3.8) is 0 Å². The standard InChI is InChI=1S/C19H24N6/c1-13-7-8-20-19(21-13)25-11-9-24(10-12-25)18-15-3-2-4-16(15)22-17(23-18)14-5-6-14/h7-8,14H,2-6,9-12H2,1H3. The molecule has 2 fully saturated rings. The molecule has 0 spiro atoms. The van der Waals surface area contributed by atoms with Gasteiger partial charge in [-0.2, -0.15) is 0 Å². The summed E-state index contributed by atoms with van der Waals surface area (Å²) in [6.45, 7) is 5.86. The van der Waals surface area contributed by atoms with Crippen LogP contribution >= 0.6 is 0 Å². The van der Waals surface area contributed by atoms with Crippen LogP contribution < -0.4 is 9.80 Å². The molecule has 1 saturated carbocycles. The molecule has 25 heavy (non-hydrogen) atoms. The van der Waals surface area contributed by atoms with Gasteiger partial charge in [-0.05, 0) is 45.1 Å². The van der Waals surface area contributed by atoms with E-state index >= 15 is 0 Å². The van der Waals surface area contributed by atoms with Crippen LogP contribution in [0.25, 0.3) is 0 Å². The highest BCUT2D eigenvalue weighted by atomic mass is 15.3. The lowest BCUT2D eigenvalue weighted by atomic mass is 10.2. The van der Waals surface area contributed by atoms with Gasteiger partial charge in [-0.25, -0.2) is 19.9 Å². The minimum Gasteiger partial charge on any atom is -0.353 e. The predicted molar refractivity (Wildman–Crippen MR) is 97.2 cm³/mol. The van der Waals surface area contributed by atoms with Crippen molar-refractivity contribution in [2.75, 3.05) is 36.0 Å². The highest BCUT2D eigenvalue weighted by molar-refractivity contribution is 5.53. The molecule has 3 aliphatic rings. The van der Waals surface area contributed by atoms with E-state index in [0.29, 0.717) is 5.92 Å². The quantitative estimate of drug-likeness (QED) is 0.857. The molecule has 2 aromatic rings. The Morgan fingerprint density at radius 3 is 2.52 bits per heavy atom. The van der Waals surface area contributed by atoms with E-state index < -0.39 is 0 Å². The molecule has 2 aromatic heterocycles. The average molecular weight is 336 g/mol. The normalized spacial score (nSPS) is 20.0. The van der Waals surface area contributed by atoms with Crippen LogP contribution in [0.2, 0.25) is 0 Å². The van der Waals surface area contributed by atoms with Crippen molar-refractivity contribution < 1.29 is 0 Å². The zero-order chi connectivity index (χ0) is 16.8. The van der Waals surface area contributed by atoms with Crippen LogP contribution in [0.15, 0.2) is 12.3 Å². The first-order valence-corrected chi connectivity index (χ1v) is 9.47.